The van der Waals surface area contributed by atoms with Crippen LogP contribution < -0.4 is 4.74 Å². The Morgan fingerprint density at radius 1 is 1.12 bits per heavy atom. The Kier molecular flexibility index (Phi) is 5.10. The minimum atomic E-state index is -4.28. The third-order valence-corrected chi connectivity index (χ3v) is 3.22. The molecule has 0 radical (unpaired) electrons. The summed E-state index contributed by atoms with van der Waals surface area (Å²) in [5, 5.41) is 8.69. The van der Waals surface area contributed by atoms with Crippen LogP contribution in [0.2, 0.25) is 0 Å². The van der Waals surface area contributed by atoms with Gasteiger partial charge >= 0.3 is 12.1 Å². The number of hydrogen-bond acceptors (Lipinski definition) is 2. The van der Waals surface area contributed by atoms with Crippen LogP contribution in [0.1, 0.15) is 18.1 Å². The summed E-state index contributed by atoms with van der Waals surface area (Å²) in [6.45, 7) is 1.44. The van der Waals surface area contributed by atoms with Gasteiger partial charge < -0.3 is 9.84 Å². The van der Waals surface area contributed by atoms with Crippen molar-refractivity contribution >= 4 is 11.5 Å². The molecule has 25 heavy (non-hydrogen) atoms. The van der Waals surface area contributed by atoms with Crippen LogP contribution in [0.15, 0.2) is 42.5 Å². The van der Waals surface area contributed by atoms with Gasteiger partial charge in [0, 0.05) is 6.08 Å². The Bertz CT molecular complexity index is 846. The van der Waals surface area contributed by atoms with Gasteiger partial charge in [-0.3, -0.25) is 0 Å². The van der Waals surface area contributed by atoms with Gasteiger partial charge in [0.05, 0.1) is 0 Å². The second-order valence-corrected chi connectivity index (χ2v) is 5.04. The van der Waals surface area contributed by atoms with E-state index in [1.165, 1.54) is 19.1 Å². The Morgan fingerprint density at radius 3 is 2.44 bits per heavy atom. The minimum Gasteiger partial charge on any atom is -0.478 e. The largest absolute Gasteiger partial charge is 0.478 e. The van der Waals surface area contributed by atoms with Gasteiger partial charge in [-0.05, 0) is 42.3 Å². The number of halogens is 5. The Hall–Kier alpha value is -2.90. The van der Waals surface area contributed by atoms with Gasteiger partial charge in [0.25, 0.3) is 0 Å². The number of aliphatic carboxylic acids is 1. The lowest BCUT2D eigenvalue weighted by Gasteiger charge is -2.19. The lowest BCUT2D eigenvalue weighted by molar-refractivity contribution is -0.187. The molecule has 0 saturated carbocycles. The number of hydrogen-bond donors (Lipinski definition) is 1. The van der Waals surface area contributed by atoms with Crippen LogP contribution in [0.4, 0.5) is 22.0 Å². The van der Waals surface area contributed by atoms with Crippen LogP contribution in [0.3, 0.4) is 0 Å². The average molecular weight is 358 g/mol. The number of carboxylic acid groups (broad SMARTS) is 1. The smallest absolute Gasteiger partial charge is 0.429 e. The molecule has 0 unspecified atom stereocenters. The third kappa shape index (κ3) is 4.14. The van der Waals surface area contributed by atoms with Crippen molar-refractivity contribution in [3.8, 4) is 5.75 Å². The standard InChI is InChI=1S/C17H11F5O3/c1-9(7-14(23)24)10-3-2-4-11(8-10)25-17(21,22)12-5-6-13(18)16(20)15(12)19/h2-8H,1H3,(H,23,24). The fourth-order valence-corrected chi connectivity index (χ4v) is 2.03. The molecule has 0 spiro atoms. The van der Waals surface area contributed by atoms with Gasteiger partial charge in [-0.15, -0.1) is 0 Å². The van der Waals surface area contributed by atoms with Crippen LogP contribution in [0.25, 0.3) is 5.57 Å². The summed E-state index contributed by atoms with van der Waals surface area (Å²) in [5.41, 5.74) is -0.920. The molecule has 0 aliphatic carbocycles. The van der Waals surface area contributed by atoms with Crippen molar-refractivity contribution in [3.63, 3.8) is 0 Å². The van der Waals surface area contributed by atoms with Crippen molar-refractivity contribution < 1.29 is 36.6 Å². The highest BCUT2D eigenvalue weighted by Crippen LogP contribution is 2.35. The quantitative estimate of drug-likeness (QED) is 0.478. The maximum atomic E-state index is 14.1. The van der Waals surface area contributed by atoms with Crippen molar-refractivity contribution in [2.24, 2.45) is 0 Å². The number of alkyl halides is 2. The number of carboxylic acids is 1. The molecule has 0 aromatic heterocycles. The summed E-state index contributed by atoms with van der Waals surface area (Å²) < 4.78 is 72.2. The second kappa shape index (κ2) is 6.92. The fourth-order valence-electron chi connectivity index (χ4n) is 2.03. The van der Waals surface area contributed by atoms with Gasteiger partial charge in [0.15, 0.2) is 17.5 Å². The van der Waals surface area contributed by atoms with Crippen LogP contribution in [0.5, 0.6) is 5.75 Å². The number of allylic oxidation sites excluding steroid dienone is 1. The molecule has 2 rings (SSSR count). The summed E-state index contributed by atoms with van der Waals surface area (Å²) in [4.78, 5) is 10.6. The third-order valence-electron chi connectivity index (χ3n) is 3.22. The van der Waals surface area contributed by atoms with Crippen LogP contribution >= 0.6 is 0 Å². The highest BCUT2D eigenvalue weighted by atomic mass is 19.3. The molecule has 2 aromatic rings. The summed E-state index contributed by atoms with van der Waals surface area (Å²) in [7, 11) is 0. The number of benzene rings is 2. The highest BCUT2D eigenvalue weighted by Gasteiger charge is 2.39. The van der Waals surface area contributed by atoms with E-state index in [9.17, 15) is 26.7 Å². The molecule has 3 nitrogen and oxygen atoms in total. The number of ether oxygens (including phenoxy) is 1. The SMILES string of the molecule is CC(=CC(=O)O)c1cccc(OC(F)(F)c2ccc(F)c(F)c2F)c1. The van der Waals surface area contributed by atoms with Crippen molar-refractivity contribution in [1.29, 1.82) is 0 Å². The van der Waals surface area contributed by atoms with Crippen molar-refractivity contribution in [2.75, 3.05) is 0 Å². The van der Waals surface area contributed by atoms with E-state index in [-0.39, 0.29) is 11.1 Å². The van der Waals surface area contributed by atoms with E-state index >= 15 is 0 Å². The van der Waals surface area contributed by atoms with Gasteiger partial charge in [-0.2, -0.15) is 8.78 Å². The van der Waals surface area contributed by atoms with Crippen molar-refractivity contribution in [2.45, 2.75) is 13.0 Å². The van der Waals surface area contributed by atoms with Gasteiger partial charge in [0.2, 0.25) is 0 Å². The van der Waals surface area contributed by atoms with E-state index in [2.05, 4.69) is 4.74 Å². The van der Waals surface area contributed by atoms with Crippen LogP contribution in [-0.2, 0) is 10.9 Å². The minimum absolute atomic E-state index is 0.264. The molecule has 0 amide bonds. The van der Waals surface area contributed by atoms with Crippen molar-refractivity contribution in [1.82, 2.24) is 0 Å². The summed E-state index contributed by atoms with van der Waals surface area (Å²) >= 11 is 0. The molecule has 0 fully saturated rings. The molecular weight excluding hydrogens is 347 g/mol. The Morgan fingerprint density at radius 2 is 1.80 bits per heavy atom. The lowest BCUT2D eigenvalue weighted by Crippen LogP contribution is -2.24. The molecule has 0 aliphatic rings. The molecule has 0 atom stereocenters. The first-order chi connectivity index (χ1) is 11.6. The van der Waals surface area contributed by atoms with Crippen molar-refractivity contribution in [3.05, 3.63) is 71.1 Å². The molecule has 132 valence electrons. The number of rotatable bonds is 5. The molecule has 8 heteroatoms. The molecule has 0 saturated heterocycles. The summed E-state index contributed by atoms with van der Waals surface area (Å²) in [6, 6.07) is 5.76. The zero-order chi connectivity index (χ0) is 18.8. The maximum absolute atomic E-state index is 14.1. The predicted octanol–water partition coefficient (Wildman–Crippen LogP) is 4.72. The van der Waals surface area contributed by atoms with Gasteiger partial charge in [0.1, 0.15) is 11.3 Å². The first kappa shape index (κ1) is 18.4. The van der Waals surface area contributed by atoms with E-state index in [0.29, 0.717) is 12.1 Å². The van der Waals surface area contributed by atoms with Gasteiger partial charge in [-0.1, -0.05) is 12.1 Å². The number of carbonyl (C=O) groups is 1. The Labute approximate surface area is 139 Å². The lowest BCUT2D eigenvalue weighted by atomic mass is 10.1. The molecule has 0 heterocycles. The van der Waals surface area contributed by atoms with E-state index in [4.69, 9.17) is 5.11 Å². The highest BCUT2D eigenvalue weighted by molar-refractivity contribution is 5.89. The zero-order valence-corrected chi connectivity index (χ0v) is 12.7. The van der Waals surface area contributed by atoms with E-state index in [1.807, 2.05) is 0 Å². The predicted molar refractivity (Wildman–Crippen MR) is 78.6 cm³/mol. The average Bonchev–Trinajstić information content (AvgIpc) is 2.51. The van der Waals surface area contributed by atoms with E-state index in [1.54, 1.807) is 0 Å². The first-order valence-electron chi connectivity index (χ1n) is 6.84. The zero-order valence-electron chi connectivity index (χ0n) is 12.7. The molecule has 1 N–H and O–H groups in total. The molecular formula is C17H11F5O3. The first-order valence-corrected chi connectivity index (χ1v) is 6.84. The van der Waals surface area contributed by atoms with Crippen LogP contribution in [-0.4, -0.2) is 11.1 Å². The van der Waals surface area contributed by atoms with Crippen LogP contribution in [0, 0.1) is 17.5 Å². The monoisotopic (exact) mass is 358 g/mol. The maximum Gasteiger partial charge on any atom is 0.429 e. The molecule has 0 aliphatic heterocycles. The van der Waals surface area contributed by atoms with E-state index < -0.39 is 40.8 Å². The molecule has 0 bridgehead atoms. The molecule has 2 aromatic carbocycles. The topological polar surface area (TPSA) is 46.5 Å². The Balaban J connectivity index is 2.36. The van der Waals surface area contributed by atoms with E-state index in [0.717, 1.165) is 18.2 Å². The summed E-state index contributed by atoms with van der Waals surface area (Å²) in [5.74, 6) is -7.32. The van der Waals surface area contributed by atoms with Gasteiger partial charge in [-0.25, -0.2) is 18.0 Å². The summed E-state index contributed by atoms with van der Waals surface area (Å²) in [6.07, 6.45) is -3.41. The fraction of sp³-hybridized carbons (Fsp3) is 0.118. The normalized spacial score (nSPS) is 12.2. The second-order valence-electron chi connectivity index (χ2n) is 5.04.